The maximum atomic E-state index is 5.70. The fourth-order valence-corrected chi connectivity index (χ4v) is 2.91. The zero-order valence-electron chi connectivity index (χ0n) is 13.4. The van der Waals surface area contributed by atoms with E-state index in [0.29, 0.717) is 5.92 Å². The van der Waals surface area contributed by atoms with Crippen molar-refractivity contribution in [2.24, 2.45) is 5.92 Å². The van der Waals surface area contributed by atoms with Gasteiger partial charge < -0.3 is 4.74 Å². The van der Waals surface area contributed by atoms with Gasteiger partial charge in [0.05, 0.1) is 13.2 Å². The van der Waals surface area contributed by atoms with Crippen molar-refractivity contribution >= 4 is 18.2 Å². The molecule has 3 rings (SSSR count). The average molecular weight is 302 g/mol. The van der Waals surface area contributed by atoms with E-state index in [0.717, 1.165) is 30.8 Å². The topological polar surface area (TPSA) is 9.23 Å². The highest BCUT2D eigenvalue weighted by atomic mass is 16.5. The largest absolute Gasteiger partial charge is 0.376 e. The lowest BCUT2D eigenvalue weighted by Gasteiger charge is -2.11. The lowest BCUT2D eigenvalue weighted by atomic mass is 9.92. The van der Waals surface area contributed by atoms with Crippen molar-refractivity contribution in [3.63, 3.8) is 0 Å². The maximum Gasteiger partial charge on any atom is 0.0684 e. The SMILES string of the molecule is C=Cc1ccc(/C=C2/COCC2Cc2ccc(C=C)cc2)cc1. The molecule has 2 aromatic carbocycles. The summed E-state index contributed by atoms with van der Waals surface area (Å²) in [7, 11) is 0. The minimum atomic E-state index is 0.462. The molecule has 1 saturated heterocycles. The van der Waals surface area contributed by atoms with Crippen LogP contribution in [0.4, 0.5) is 0 Å². The maximum absolute atomic E-state index is 5.70. The summed E-state index contributed by atoms with van der Waals surface area (Å²) in [5.74, 6) is 0.462. The molecule has 0 radical (unpaired) electrons. The van der Waals surface area contributed by atoms with Gasteiger partial charge in [0.15, 0.2) is 0 Å². The summed E-state index contributed by atoms with van der Waals surface area (Å²) in [5.41, 5.74) is 6.26. The zero-order valence-corrected chi connectivity index (χ0v) is 13.4. The molecule has 1 heteroatoms. The second-order valence-electron chi connectivity index (χ2n) is 5.95. The van der Waals surface area contributed by atoms with Crippen LogP contribution in [0.15, 0.2) is 67.3 Å². The zero-order chi connectivity index (χ0) is 16.1. The van der Waals surface area contributed by atoms with Crippen LogP contribution >= 0.6 is 0 Å². The average Bonchev–Trinajstić information content (AvgIpc) is 3.03. The van der Waals surface area contributed by atoms with Crippen molar-refractivity contribution in [1.29, 1.82) is 0 Å². The van der Waals surface area contributed by atoms with Crippen LogP contribution in [0.25, 0.3) is 18.2 Å². The van der Waals surface area contributed by atoms with Crippen LogP contribution in [0.2, 0.25) is 0 Å². The summed E-state index contributed by atoms with van der Waals surface area (Å²) in [4.78, 5) is 0. The Morgan fingerprint density at radius 2 is 1.43 bits per heavy atom. The van der Waals surface area contributed by atoms with Crippen molar-refractivity contribution in [2.45, 2.75) is 6.42 Å². The minimum Gasteiger partial charge on any atom is -0.376 e. The molecule has 1 heterocycles. The number of benzene rings is 2. The van der Waals surface area contributed by atoms with Gasteiger partial charge in [-0.1, -0.05) is 79.9 Å². The first-order chi connectivity index (χ1) is 11.3. The monoisotopic (exact) mass is 302 g/mol. The molecule has 1 aliphatic heterocycles. The molecule has 2 aromatic rings. The van der Waals surface area contributed by atoms with Gasteiger partial charge in [0, 0.05) is 5.92 Å². The predicted molar refractivity (Wildman–Crippen MR) is 99.1 cm³/mol. The molecular formula is C22H22O. The van der Waals surface area contributed by atoms with E-state index in [9.17, 15) is 0 Å². The Labute approximate surface area is 138 Å². The molecule has 0 saturated carbocycles. The van der Waals surface area contributed by atoms with Crippen LogP contribution in [0.5, 0.6) is 0 Å². The van der Waals surface area contributed by atoms with Gasteiger partial charge in [-0.05, 0) is 34.2 Å². The number of ether oxygens (including phenoxy) is 1. The fraction of sp³-hybridized carbons (Fsp3) is 0.182. The molecule has 0 aromatic heterocycles. The lowest BCUT2D eigenvalue weighted by Crippen LogP contribution is -2.06. The standard InChI is InChI=1S/C22H22O/c1-3-17-5-9-19(10-6-17)13-21-15-23-16-22(21)14-20-11-7-18(4-2)8-12-20/h3-13,22H,1-2,14-16H2/b21-13-. The van der Waals surface area contributed by atoms with Gasteiger partial charge >= 0.3 is 0 Å². The van der Waals surface area contributed by atoms with Crippen molar-refractivity contribution in [3.05, 3.63) is 89.5 Å². The van der Waals surface area contributed by atoms with E-state index in [4.69, 9.17) is 4.74 Å². The Morgan fingerprint density at radius 3 is 2.04 bits per heavy atom. The molecule has 0 spiro atoms. The predicted octanol–water partition coefficient (Wildman–Crippen LogP) is 5.25. The van der Waals surface area contributed by atoms with Gasteiger partial charge in [-0.3, -0.25) is 0 Å². The first-order valence-electron chi connectivity index (χ1n) is 8.00. The highest BCUT2D eigenvalue weighted by Gasteiger charge is 2.21. The summed E-state index contributed by atoms with van der Waals surface area (Å²) in [5, 5.41) is 0. The highest BCUT2D eigenvalue weighted by Crippen LogP contribution is 2.26. The molecule has 0 N–H and O–H groups in total. The van der Waals surface area contributed by atoms with E-state index >= 15 is 0 Å². The van der Waals surface area contributed by atoms with Gasteiger partial charge in [-0.15, -0.1) is 0 Å². The van der Waals surface area contributed by atoms with Gasteiger partial charge in [-0.2, -0.15) is 0 Å². The highest BCUT2D eigenvalue weighted by molar-refractivity contribution is 5.58. The normalized spacial score (nSPS) is 19.0. The van der Waals surface area contributed by atoms with E-state index in [2.05, 4.69) is 67.8 Å². The molecule has 23 heavy (non-hydrogen) atoms. The third kappa shape index (κ3) is 3.88. The van der Waals surface area contributed by atoms with Gasteiger partial charge in [-0.25, -0.2) is 0 Å². The second kappa shape index (κ2) is 7.26. The Bertz CT molecular complexity index is 705. The van der Waals surface area contributed by atoms with Crippen LogP contribution in [0.1, 0.15) is 22.3 Å². The Kier molecular flexibility index (Phi) is 4.89. The molecule has 1 atom stereocenters. The molecule has 116 valence electrons. The van der Waals surface area contributed by atoms with E-state index in [1.807, 2.05) is 12.2 Å². The minimum absolute atomic E-state index is 0.462. The summed E-state index contributed by atoms with van der Waals surface area (Å²) in [6.45, 7) is 9.13. The molecule has 0 bridgehead atoms. The molecule has 1 nitrogen and oxygen atoms in total. The van der Waals surface area contributed by atoms with E-state index in [1.165, 1.54) is 16.7 Å². The molecule has 0 aliphatic carbocycles. The summed E-state index contributed by atoms with van der Waals surface area (Å²) >= 11 is 0. The Balaban J connectivity index is 1.74. The Hall–Kier alpha value is -2.38. The van der Waals surface area contributed by atoms with Crippen molar-refractivity contribution < 1.29 is 4.74 Å². The van der Waals surface area contributed by atoms with Gasteiger partial charge in [0.1, 0.15) is 0 Å². The quantitative estimate of drug-likeness (QED) is 0.733. The first-order valence-corrected chi connectivity index (χ1v) is 8.00. The third-order valence-corrected chi connectivity index (χ3v) is 4.33. The first kappa shape index (κ1) is 15.5. The molecular weight excluding hydrogens is 280 g/mol. The van der Waals surface area contributed by atoms with Crippen LogP contribution in [-0.2, 0) is 11.2 Å². The summed E-state index contributed by atoms with van der Waals surface area (Å²) in [6.07, 6.45) is 7.03. The fourth-order valence-electron chi connectivity index (χ4n) is 2.91. The molecule has 1 aliphatic rings. The molecule has 1 unspecified atom stereocenters. The van der Waals surface area contributed by atoms with Crippen LogP contribution in [-0.4, -0.2) is 13.2 Å². The van der Waals surface area contributed by atoms with Crippen LogP contribution < -0.4 is 0 Å². The summed E-state index contributed by atoms with van der Waals surface area (Å²) in [6, 6.07) is 17.1. The number of rotatable bonds is 5. The van der Waals surface area contributed by atoms with Crippen LogP contribution in [0.3, 0.4) is 0 Å². The Morgan fingerprint density at radius 1 is 0.870 bits per heavy atom. The number of hydrogen-bond acceptors (Lipinski definition) is 1. The molecule has 0 amide bonds. The van der Waals surface area contributed by atoms with Gasteiger partial charge in [0.2, 0.25) is 0 Å². The molecule has 1 fully saturated rings. The van der Waals surface area contributed by atoms with Crippen molar-refractivity contribution in [3.8, 4) is 0 Å². The second-order valence-corrected chi connectivity index (χ2v) is 5.95. The van der Waals surface area contributed by atoms with E-state index < -0.39 is 0 Å². The number of hydrogen-bond donors (Lipinski definition) is 0. The smallest absolute Gasteiger partial charge is 0.0684 e. The lowest BCUT2D eigenvalue weighted by molar-refractivity contribution is 0.188. The third-order valence-electron chi connectivity index (χ3n) is 4.33. The van der Waals surface area contributed by atoms with E-state index in [1.54, 1.807) is 0 Å². The van der Waals surface area contributed by atoms with Gasteiger partial charge in [0.25, 0.3) is 0 Å². The van der Waals surface area contributed by atoms with Crippen molar-refractivity contribution in [1.82, 2.24) is 0 Å². The summed E-state index contributed by atoms with van der Waals surface area (Å²) < 4.78 is 5.70. The van der Waals surface area contributed by atoms with E-state index in [-0.39, 0.29) is 0 Å². The van der Waals surface area contributed by atoms with Crippen LogP contribution in [0, 0.1) is 5.92 Å². The van der Waals surface area contributed by atoms with Crippen molar-refractivity contribution in [2.75, 3.05) is 13.2 Å².